The Morgan fingerprint density at radius 1 is 0.446 bits per heavy atom. The maximum Gasteiger partial charge on any atom is 0.135 e. The van der Waals surface area contributed by atoms with Crippen LogP contribution in [0.15, 0.2) is 249 Å². The Morgan fingerprint density at radius 2 is 1.01 bits per heavy atom. The number of rotatable bonds is 8. The van der Waals surface area contributed by atoms with E-state index < -0.39 is 11.8 Å². The molecule has 1 aliphatic heterocycles. The first-order valence-corrected chi connectivity index (χ1v) is 31.7. The van der Waals surface area contributed by atoms with Crippen LogP contribution in [0, 0.1) is 18.8 Å². The topological polar surface area (TPSA) is 33.5 Å². The quantitative estimate of drug-likeness (QED) is 0.142. The van der Waals surface area contributed by atoms with E-state index in [1.165, 1.54) is 16.7 Å². The summed E-state index contributed by atoms with van der Waals surface area (Å²) in [5.41, 5.74) is 23.3. The van der Waals surface area contributed by atoms with Crippen LogP contribution in [0.25, 0.3) is 72.1 Å². The molecule has 2 aromatic heterocycles. The molecule has 2 aliphatic carbocycles. The van der Waals surface area contributed by atoms with Crippen LogP contribution in [-0.4, -0.2) is 9.55 Å². The molecule has 0 saturated carbocycles. The molecular formula is C86H71N4OPt-3. The predicted octanol–water partition coefficient (Wildman–Crippen LogP) is 22.1. The van der Waals surface area contributed by atoms with Crippen LogP contribution in [0.1, 0.15) is 115 Å². The molecule has 454 valence electrons. The third-order valence-electron chi connectivity index (χ3n) is 19.0. The molecule has 3 heterocycles. The van der Waals surface area contributed by atoms with Gasteiger partial charge in [0.25, 0.3) is 0 Å². The second-order valence-corrected chi connectivity index (χ2v) is 27.8. The molecule has 5 nitrogen and oxygen atoms in total. The first-order chi connectivity index (χ1) is 44.7. The van der Waals surface area contributed by atoms with E-state index in [-0.39, 0.29) is 37.3 Å². The van der Waals surface area contributed by atoms with Gasteiger partial charge in [-0.15, -0.1) is 48.1 Å². The molecule has 0 N–H and O–H groups in total. The minimum Gasteiger partial charge on any atom is -0.509 e. The number of benzene rings is 11. The normalized spacial score (nSPS) is 14.7. The Labute approximate surface area is 558 Å². The van der Waals surface area contributed by atoms with Gasteiger partial charge in [0.2, 0.25) is 0 Å². The molecule has 1 spiro atoms. The molecule has 0 amide bonds. The van der Waals surface area contributed by atoms with E-state index in [9.17, 15) is 2.74 Å². The van der Waals surface area contributed by atoms with Crippen LogP contribution in [0.5, 0.6) is 11.5 Å². The minimum atomic E-state index is -1.68. The molecular weight excluding hydrogens is 1300 g/mol. The number of hydrogen-bond acceptors (Lipinski definition) is 4. The Morgan fingerprint density at radius 3 is 1.70 bits per heavy atom. The van der Waals surface area contributed by atoms with Gasteiger partial charge in [0.05, 0.1) is 5.41 Å². The van der Waals surface area contributed by atoms with E-state index in [1.807, 2.05) is 48.7 Å². The number of nitrogens with zero attached hydrogens (tertiary/aromatic N) is 4. The zero-order valence-corrected chi connectivity index (χ0v) is 55.5. The summed E-state index contributed by atoms with van der Waals surface area (Å²) in [5, 5.41) is 2.17. The number of pyridine rings is 1. The van der Waals surface area contributed by atoms with Crippen molar-refractivity contribution in [1.82, 2.24) is 9.55 Å². The van der Waals surface area contributed by atoms with Gasteiger partial charge < -0.3 is 19.1 Å². The monoisotopic (exact) mass is 1370 g/mol. The number of hydrogen-bond donors (Lipinski definition) is 0. The molecule has 0 radical (unpaired) electrons. The summed E-state index contributed by atoms with van der Waals surface area (Å²) in [6.45, 7) is 22.8. The Kier molecular flexibility index (Phi) is 13.6. The zero-order valence-electron chi connectivity index (χ0n) is 55.3. The predicted molar refractivity (Wildman–Crippen MR) is 377 cm³/mol. The van der Waals surface area contributed by atoms with Crippen molar-refractivity contribution in [3.8, 4) is 61.8 Å². The van der Waals surface area contributed by atoms with E-state index >= 15 is 0 Å². The molecule has 0 bridgehead atoms. The van der Waals surface area contributed by atoms with Gasteiger partial charge in [-0.2, -0.15) is 12.1 Å². The summed E-state index contributed by atoms with van der Waals surface area (Å²) >= 11 is 0. The van der Waals surface area contributed by atoms with Gasteiger partial charge in [0.1, 0.15) is 5.82 Å². The summed E-state index contributed by atoms with van der Waals surface area (Å²) in [6, 6.07) is 93.9. The van der Waals surface area contributed by atoms with Crippen LogP contribution in [0.2, 0.25) is 0 Å². The van der Waals surface area contributed by atoms with Crippen molar-refractivity contribution in [2.75, 3.05) is 9.80 Å². The first-order valence-electron chi connectivity index (χ1n) is 32.7. The van der Waals surface area contributed by atoms with Gasteiger partial charge in [0, 0.05) is 80.8 Å². The number of aromatic nitrogens is 2. The van der Waals surface area contributed by atoms with Crippen molar-refractivity contribution in [2.24, 2.45) is 0 Å². The fraction of sp³-hybridized carbons (Fsp3) is 0.163. The second-order valence-electron chi connectivity index (χ2n) is 27.8. The first kappa shape index (κ1) is 56.4. The number of anilines is 4. The number of ether oxygens (including phenoxy) is 1. The molecule has 0 atom stereocenters. The van der Waals surface area contributed by atoms with E-state index in [4.69, 9.17) is 9.72 Å². The molecule has 92 heavy (non-hydrogen) atoms. The number of para-hydroxylation sites is 4. The zero-order chi connectivity index (χ0) is 63.9. The summed E-state index contributed by atoms with van der Waals surface area (Å²) in [7, 11) is 0. The van der Waals surface area contributed by atoms with E-state index in [2.05, 4.69) is 296 Å². The second kappa shape index (κ2) is 22.1. The molecule has 0 fully saturated rings. The van der Waals surface area contributed by atoms with Crippen molar-refractivity contribution < 1.29 is 28.5 Å². The van der Waals surface area contributed by atoms with Crippen LogP contribution < -0.4 is 14.5 Å². The van der Waals surface area contributed by atoms with Gasteiger partial charge in [0.15, 0.2) is 0 Å². The fourth-order valence-electron chi connectivity index (χ4n) is 14.3. The maximum absolute atomic E-state index is 9.67. The van der Waals surface area contributed by atoms with Crippen molar-refractivity contribution in [1.29, 1.82) is 0 Å². The summed E-state index contributed by atoms with van der Waals surface area (Å²) < 4.78 is 28.4. The summed E-state index contributed by atoms with van der Waals surface area (Å²) in [5.74, 6) is 1.92. The van der Waals surface area contributed by atoms with Gasteiger partial charge >= 0.3 is 0 Å². The van der Waals surface area contributed by atoms with Crippen molar-refractivity contribution in [3.63, 3.8) is 0 Å². The van der Waals surface area contributed by atoms with Crippen molar-refractivity contribution in [2.45, 2.75) is 90.3 Å². The van der Waals surface area contributed by atoms with Crippen molar-refractivity contribution >= 4 is 44.6 Å². The molecule has 13 aromatic rings. The van der Waals surface area contributed by atoms with Crippen LogP contribution in [-0.2, 0) is 49.1 Å². The Hall–Kier alpha value is -9.54. The van der Waals surface area contributed by atoms with Gasteiger partial charge in [-0.05, 0) is 142 Å². The number of fused-ring (bicyclic) bond motifs is 13. The SMILES string of the molecule is [2H]C1([2H])c2ccccc2C2(c3ccccc3-c3cc(-c4cccc(-c5cc(C(C)(C)C)cc(C(C)(C)C)c5)c4N4[CH-]N(c5[c-]c(Oc6[c-]c7c(cc6)c6ccccc6n7-c6ccc(-c7ccc(C(C)(C)C)cc7)cn6)ccc5)c5ccccc54)ccc32)c2ccccc21.[Pt]. The molecule has 3 aliphatic rings. The van der Waals surface area contributed by atoms with Crippen molar-refractivity contribution in [3.05, 3.63) is 318 Å². The third-order valence-corrected chi connectivity index (χ3v) is 19.0. The largest absolute Gasteiger partial charge is 0.509 e. The fourth-order valence-corrected chi connectivity index (χ4v) is 14.3. The smallest absolute Gasteiger partial charge is 0.135 e. The van der Waals surface area contributed by atoms with E-state index in [0.717, 1.165) is 117 Å². The van der Waals surface area contributed by atoms with Gasteiger partial charge in [-0.3, -0.25) is 0 Å². The van der Waals surface area contributed by atoms with Crippen LogP contribution in [0.3, 0.4) is 0 Å². The van der Waals surface area contributed by atoms with E-state index in [0.29, 0.717) is 22.6 Å². The average Bonchev–Trinajstić information content (AvgIpc) is 1.44. The van der Waals surface area contributed by atoms with E-state index in [1.54, 1.807) is 0 Å². The molecule has 0 saturated heterocycles. The molecule has 11 aromatic carbocycles. The standard InChI is InChI=1S/C86H71N4O.Pt/c1-83(2,3)61-40-36-55(37-41-61)59-39-45-81(87-53-59)90-77-33-17-13-27-70(77)71-43-42-66(52-80(71)90)91-65-25-20-24-64(51-65)88-54-89(79-35-19-18-34-78(79)88)82-67(28-21-29-68(82)60-47-62(84(4,5)6)50-63(48-60)85(7,8)9)56-38-44-76-72(49-56)69-26-12-16-32-75(69)86(76)73-30-14-10-22-57(73)46-58-23-11-15-31-74(58)86;/h10-45,47-50,53-54H,46H2,1-9H3;/q-3;/i46D2;. The van der Waals surface area contributed by atoms with Gasteiger partial charge in [-0.1, -0.05) is 244 Å². The van der Waals surface area contributed by atoms with Gasteiger partial charge in [-0.25, -0.2) is 4.98 Å². The molecule has 6 heteroatoms. The Balaban J connectivity index is 0.00000729. The molecule has 16 rings (SSSR count). The van der Waals surface area contributed by atoms with Crippen LogP contribution in [0.4, 0.5) is 22.7 Å². The third kappa shape index (κ3) is 9.65. The summed E-state index contributed by atoms with van der Waals surface area (Å²) in [6.07, 6.45) is 0.279. The van der Waals surface area contributed by atoms with Crippen LogP contribution >= 0.6 is 0 Å². The summed E-state index contributed by atoms with van der Waals surface area (Å²) in [4.78, 5) is 9.69. The average molecular weight is 1370 g/mol. The minimum absolute atomic E-state index is 0. The Bertz CT molecular complexity index is 5080. The molecule has 0 unspecified atom stereocenters. The maximum atomic E-state index is 9.67.